The fourth-order valence-electron chi connectivity index (χ4n) is 8.40. The maximum Gasteiger partial charge on any atom is 0.00545 e. The van der Waals surface area contributed by atoms with E-state index in [-0.39, 0.29) is 0 Å². The summed E-state index contributed by atoms with van der Waals surface area (Å²) in [6.07, 6.45) is 24.5. The summed E-state index contributed by atoms with van der Waals surface area (Å²) in [7, 11) is 0. The molecule has 3 saturated carbocycles. The monoisotopic (exact) mass is 402 g/mol. The van der Waals surface area contributed by atoms with E-state index in [4.69, 9.17) is 12.6 Å². The van der Waals surface area contributed by atoms with E-state index in [0.29, 0.717) is 16.1 Å². The molecule has 0 radical (unpaired) electrons. The van der Waals surface area contributed by atoms with Crippen LogP contribution in [0.2, 0.25) is 0 Å². The SMILES string of the molecule is CCCCCCCC[C@@H]1CC[C@@H]2[C@@H]3CC=C4C[C@@H](S)CC[C@]4(C)[C@@H]3CC[C@]12C. The molecule has 7 atom stereocenters. The average molecular weight is 403 g/mol. The van der Waals surface area contributed by atoms with Crippen molar-refractivity contribution in [1.29, 1.82) is 0 Å². The minimum Gasteiger partial charge on any atom is -0.176 e. The Morgan fingerprint density at radius 2 is 1.71 bits per heavy atom. The van der Waals surface area contributed by atoms with Gasteiger partial charge >= 0.3 is 0 Å². The fourth-order valence-corrected chi connectivity index (χ4v) is 8.72. The van der Waals surface area contributed by atoms with Crippen molar-refractivity contribution >= 4 is 12.6 Å². The van der Waals surface area contributed by atoms with Gasteiger partial charge in [0.25, 0.3) is 0 Å². The van der Waals surface area contributed by atoms with E-state index in [1.165, 1.54) is 96.3 Å². The van der Waals surface area contributed by atoms with Gasteiger partial charge in [0, 0.05) is 5.25 Å². The van der Waals surface area contributed by atoms with Gasteiger partial charge in [-0.2, -0.15) is 12.6 Å². The predicted octanol–water partition coefficient (Wildman–Crippen LogP) is 8.61. The molecule has 28 heavy (non-hydrogen) atoms. The number of unbranched alkanes of at least 4 members (excludes halogenated alkanes) is 5. The molecule has 4 rings (SSSR count). The van der Waals surface area contributed by atoms with Crippen molar-refractivity contribution in [3.05, 3.63) is 11.6 Å². The van der Waals surface area contributed by atoms with Gasteiger partial charge in [-0.15, -0.1) is 0 Å². The first-order valence-electron chi connectivity index (χ1n) is 12.9. The maximum atomic E-state index is 4.84. The highest BCUT2D eigenvalue weighted by atomic mass is 32.1. The maximum absolute atomic E-state index is 4.84. The minimum atomic E-state index is 0.515. The molecule has 0 saturated heterocycles. The normalized spacial score (nSPS) is 45.1. The molecular formula is C27H46S. The van der Waals surface area contributed by atoms with Crippen LogP contribution in [0.4, 0.5) is 0 Å². The van der Waals surface area contributed by atoms with Crippen LogP contribution in [-0.4, -0.2) is 5.25 Å². The predicted molar refractivity (Wildman–Crippen MR) is 126 cm³/mol. The van der Waals surface area contributed by atoms with E-state index in [9.17, 15) is 0 Å². The van der Waals surface area contributed by atoms with Gasteiger partial charge in [0.05, 0.1) is 0 Å². The lowest BCUT2D eigenvalue weighted by Crippen LogP contribution is -2.50. The molecule has 0 bridgehead atoms. The topological polar surface area (TPSA) is 0 Å². The van der Waals surface area contributed by atoms with E-state index in [2.05, 4.69) is 26.8 Å². The molecule has 0 heterocycles. The smallest absolute Gasteiger partial charge is 0.00545 e. The molecule has 0 spiro atoms. The van der Waals surface area contributed by atoms with Crippen LogP contribution in [-0.2, 0) is 0 Å². The van der Waals surface area contributed by atoms with Crippen LogP contribution in [0.15, 0.2) is 11.6 Å². The van der Waals surface area contributed by atoms with Crippen LogP contribution in [0.1, 0.15) is 117 Å². The van der Waals surface area contributed by atoms with Gasteiger partial charge < -0.3 is 0 Å². The Morgan fingerprint density at radius 3 is 2.54 bits per heavy atom. The van der Waals surface area contributed by atoms with Gasteiger partial charge in [0.15, 0.2) is 0 Å². The zero-order valence-corrected chi connectivity index (χ0v) is 19.9. The largest absolute Gasteiger partial charge is 0.176 e. The van der Waals surface area contributed by atoms with Crippen LogP contribution in [0.25, 0.3) is 0 Å². The summed E-state index contributed by atoms with van der Waals surface area (Å²) in [6, 6.07) is 0. The van der Waals surface area contributed by atoms with Crippen molar-refractivity contribution < 1.29 is 0 Å². The van der Waals surface area contributed by atoms with Gasteiger partial charge in [-0.1, -0.05) is 70.9 Å². The molecule has 0 unspecified atom stereocenters. The first-order chi connectivity index (χ1) is 13.5. The van der Waals surface area contributed by atoms with Gasteiger partial charge in [0.1, 0.15) is 0 Å². The lowest BCUT2D eigenvalue weighted by molar-refractivity contribution is -0.0421. The van der Waals surface area contributed by atoms with Crippen LogP contribution in [0.5, 0.6) is 0 Å². The molecule has 160 valence electrons. The number of thiol groups is 1. The molecule has 0 aromatic heterocycles. The highest BCUT2D eigenvalue weighted by molar-refractivity contribution is 7.80. The summed E-state index contributed by atoms with van der Waals surface area (Å²) in [4.78, 5) is 0. The second-order valence-corrected chi connectivity index (χ2v) is 12.3. The van der Waals surface area contributed by atoms with Crippen LogP contribution < -0.4 is 0 Å². The van der Waals surface area contributed by atoms with Gasteiger partial charge in [0.2, 0.25) is 0 Å². The molecule has 0 nitrogen and oxygen atoms in total. The number of fused-ring (bicyclic) bond motifs is 5. The van der Waals surface area contributed by atoms with Crippen molar-refractivity contribution in [2.75, 3.05) is 0 Å². The summed E-state index contributed by atoms with van der Waals surface area (Å²) < 4.78 is 0. The second-order valence-electron chi connectivity index (χ2n) is 11.5. The molecule has 3 fully saturated rings. The molecule has 4 aliphatic rings. The summed E-state index contributed by atoms with van der Waals surface area (Å²) in [5.41, 5.74) is 2.97. The zero-order chi connectivity index (χ0) is 19.8. The summed E-state index contributed by atoms with van der Waals surface area (Å²) >= 11 is 4.84. The third-order valence-corrected chi connectivity index (χ3v) is 10.6. The molecule has 0 aliphatic heterocycles. The summed E-state index contributed by atoms with van der Waals surface area (Å²) in [5, 5.41) is 0.623. The number of hydrogen-bond donors (Lipinski definition) is 1. The van der Waals surface area contributed by atoms with E-state index in [1.54, 1.807) is 5.57 Å². The highest BCUT2D eigenvalue weighted by Crippen LogP contribution is 2.66. The van der Waals surface area contributed by atoms with Gasteiger partial charge in [-0.05, 0) is 92.3 Å². The Balaban J connectivity index is 1.39. The fraction of sp³-hybridized carbons (Fsp3) is 0.926. The quantitative estimate of drug-likeness (QED) is 0.246. The lowest BCUT2D eigenvalue weighted by Gasteiger charge is -2.58. The standard InChI is InChI=1S/C27H46S/c1-4-5-6-7-8-9-10-20-12-14-24-23-13-11-21-19-22(28)15-17-27(21,3)25(23)16-18-26(20,24)2/h11,20,22-25,28H,4-10,12-19H2,1-3H3/t20-,22+,23+,24-,25-,26-,27+/m1/s1. The van der Waals surface area contributed by atoms with E-state index >= 15 is 0 Å². The second kappa shape index (κ2) is 8.68. The van der Waals surface area contributed by atoms with E-state index < -0.39 is 0 Å². The summed E-state index contributed by atoms with van der Waals surface area (Å²) in [5.74, 6) is 3.99. The Kier molecular flexibility index (Phi) is 6.61. The lowest BCUT2D eigenvalue weighted by atomic mass is 9.47. The number of rotatable bonds is 7. The Labute approximate surface area is 181 Å². The average Bonchev–Trinajstić information content (AvgIpc) is 3.01. The van der Waals surface area contributed by atoms with Crippen LogP contribution >= 0.6 is 12.6 Å². The van der Waals surface area contributed by atoms with Crippen molar-refractivity contribution in [3.63, 3.8) is 0 Å². The first-order valence-corrected chi connectivity index (χ1v) is 13.4. The molecule has 0 amide bonds. The third kappa shape index (κ3) is 3.76. The first kappa shape index (κ1) is 21.3. The Hall–Kier alpha value is 0.0900. The molecule has 0 aromatic rings. The zero-order valence-electron chi connectivity index (χ0n) is 19.0. The van der Waals surface area contributed by atoms with Crippen molar-refractivity contribution in [1.82, 2.24) is 0 Å². The Bertz CT molecular complexity index is 565. The van der Waals surface area contributed by atoms with Crippen LogP contribution in [0, 0.1) is 34.5 Å². The van der Waals surface area contributed by atoms with Crippen molar-refractivity contribution in [2.45, 2.75) is 122 Å². The third-order valence-electron chi connectivity index (χ3n) is 10.2. The molecule has 0 N–H and O–H groups in total. The number of hydrogen-bond acceptors (Lipinski definition) is 1. The van der Waals surface area contributed by atoms with E-state index in [1.807, 2.05) is 0 Å². The van der Waals surface area contributed by atoms with Crippen molar-refractivity contribution in [3.8, 4) is 0 Å². The van der Waals surface area contributed by atoms with Crippen molar-refractivity contribution in [2.24, 2.45) is 34.5 Å². The summed E-state index contributed by atoms with van der Waals surface area (Å²) in [6.45, 7) is 7.68. The minimum absolute atomic E-state index is 0.515. The molecule has 1 heteroatoms. The van der Waals surface area contributed by atoms with Gasteiger partial charge in [-0.3, -0.25) is 0 Å². The van der Waals surface area contributed by atoms with E-state index in [0.717, 1.165) is 23.7 Å². The number of allylic oxidation sites excluding steroid dienone is 2. The molecule has 4 aliphatic carbocycles. The Morgan fingerprint density at radius 1 is 0.929 bits per heavy atom. The van der Waals surface area contributed by atoms with Crippen LogP contribution in [0.3, 0.4) is 0 Å². The highest BCUT2D eigenvalue weighted by Gasteiger charge is 2.58. The molecular weight excluding hydrogens is 356 g/mol. The van der Waals surface area contributed by atoms with Gasteiger partial charge in [-0.25, -0.2) is 0 Å². The molecule has 0 aromatic carbocycles.